The van der Waals surface area contributed by atoms with E-state index in [1.165, 1.54) is 12.1 Å². The van der Waals surface area contributed by atoms with Gasteiger partial charge in [0.05, 0.1) is 11.4 Å². The van der Waals surface area contributed by atoms with Crippen molar-refractivity contribution in [3.63, 3.8) is 0 Å². The number of anilines is 1. The fourth-order valence-corrected chi connectivity index (χ4v) is 4.07. The Labute approximate surface area is 149 Å². The van der Waals surface area contributed by atoms with Crippen LogP contribution in [0.2, 0.25) is 0 Å². The van der Waals surface area contributed by atoms with Gasteiger partial charge in [-0.25, -0.2) is 4.39 Å². The summed E-state index contributed by atoms with van der Waals surface area (Å²) in [5, 5.41) is 4.02. The number of fused-ring (bicyclic) bond motifs is 1. The molecule has 128 valence electrons. The van der Waals surface area contributed by atoms with Crippen molar-refractivity contribution < 1.29 is 14.0 Å². The average molecular weight is 356 g/mol. The van der Waals surface area contributed by atoms with Gasteiger partial charge in [0.15, 0.2) is 0 Å². The molecular formula is C19H17FN2O2S. The van der Waals surface area contributed by atoms with Crippen LogP contribution in [0.1, 0.15) is 18.4 Å². The number of rotatable bonds is 2. The Kier molecular flexibility index (Phi) is 4.44. The standard InChI is InChI=1S/C19H17FN2O2S/c20-14-6-3-5-13(11-14)15-12-17(24-21-15)19(23)22-9-4-10-25-18-8-2-1-7-16(18)22/h1-3,5-8,11,17H,4,9-10,12H2/t17-/m1/s1. The molecule has 0 unspecified atom stereocenters. The van der Waals surface area contributed by atoms with Crippen molar-refractivity contribution in [2.75, 3.05) is 17.2 Å². The molecule has 25 heavy (non-hydrogen) atoms. The van der Waals surface area contributed by atoms with Crippen LogP contribution in [0.4, 0.5) is 10.1 Å². The number of halogens is 1. The fourth-order valence-electron chi connectivity index (χ4n) is 3.08. The summed E-state index contributed by atoms with van der Waals surface area (Å²) in [6.45, 7) is 0.665. The third kappa shape index (κ3) is 3.26. The van der Waals surface area contributed by atoms with Gasteiger partial charge >= 0.3 is 0 Å². The van der Waals surface area contributed by atoms with Crippen LogP contribution in [0, 0.1) is 5.82 Å². The zero-order chi connectivity index (χ0) is 17.2. The Morgan fingerprint density at radius 1 is 1.24 bits per heavy atom. The third-order valence-corrected chi connectivity index (χ3v) is 5.46. The molecule has 4 nitrogen and oxygen atoms in total. The molecule has 0 bridgehead atoms. The molecule has 6 heteroatoms. The molecule has 2 aliphatic heterocycles. The molecule has 1 amide bonds. The second-order valence-corrected chi connectivity index (χ2v) is 7.14. The van der Waals surface area contributed by atoms with E-state index in [1.807, 2.05) is 24.3 Å². The van der Waals surface area contributed by atoms with Crippen LogP contribution in [-0.4, -0.2) is 30.0 Å². The van der Waals surface area contributed by atoms with Crippen molar-refractivity contribution in [3.8, 4) is 0 Å². The van der Waals surface area contributed by atoms with Crippen molar-refractivity contribution in [1.82, 2.24) is 0 Å². The lowest BCUT2D eigenvalue weighted by Gasteiger charge is -2.24. The Morgan fingerprint density at radius 3 is 3.00 bits per heavy atom. The highest BCUT2D eigenvalue weighted by Crippen LogP contribution is 2.34. The minimum absolute atomic E-state index is 0.0925. The number of hydrogen-bond donors (Lipinski definition) is 0. The van der Waals surface area contributed by atoms with Gasteiger partial charge in [0, 0.05) is 23.4 Å². The number of carbonyl (C=O) groups is 1. The second kappa shape index (κ2) is 6.88. The van der Waals surface area contributed by atoms with Crippen LogP contribution in [0.15, 0.2) is 58.6 Å². The molecule has 2 heterocycles. The second-order valence-electron chi connectivity index (χ2n) is 6.01. The minimum Gasteiger partial charge on any atom is -0.382 e. The third-order valence-electron chi connectivity index (χ3n) is 4.31. The molecule has 0 spiro atoms. The van der Waals surface area contributed by atoms with Crippen LogP contribution >= 0.6 is 11.8 Å². The van der Waals surface area contributed by atoms with Gasteiger partial charge < -0.3 is 9.74 Å². The number of nitrogens with zero attached hydrogens (tertiary/aromatic N) is 2. The van der Waals surface area contributed by atoms with Gasteiger partial charge in [0.1, 0.15) is 5.82 Å². The van der Waals surface area contributed by atoms with E-state index in [0.29, 0.717) is 24.2 Å². The van der Waals surface area contributed by atoms with Gasteiger partial charge in [-0.15, -0.1) is 11.8 Å². The van der Waals surface area contributed by atoms with Crippen LogP contribution < -0.4 is 4.90 Å². The van der Waals surface area contributed by atoms with Gasteiger partial charge in [0.2, 0.25) is 6.10 Å². The van der Waals surface area contributed by atoms with Crippen molar-refractivity contribution in [3.05, 3.63) is 59.9 Å². The van der Waals surface area contributed by atoms with Gasteiger partial charge in [-0.1, -0.05) is 29.4 Å². The first-order valence-corrected chi connectivity index (χ1v) is 9.23. The predicted molar refractivity (Wildman–Crippen MR) is 96.6 cm³/mol. The molecule has 0 aliphatic carbocycles. The van der Waals surface area contributed by atoms with E-state index >= 15 is 0 Å². The Hall–Kier alpha value is -2.34. The fraction of sp³-hybridized carbons (Fsp3) is 0.263. The maximum Gasteiger partial charge on any atom is 0.271 e. The van der Waals surface area contributed by atoms with Crippen LogP contribution in [-0.2, 0) is 9.63 Å². The Morgan fingerprint density at radius 2 is 2.12 bits per heavy atom. The SMILES string of the molecule is O=C([C@H]1CC(c2cccc(F)c2)=NO1)N1CCCSc2ccccc21. The predicted octanol–water partition coefficient (Wildman–Crippen LogP) is 3.85. The highest BCUT2D eigenvalue weighted by Gasteiger charge is 2.34. The number of thioether (sulfide) groups is 1. The first-order chi connectivity index (χ1) is 12.2. The van der Waals surface area contributed by atoms with E-state index in [0.717, 1.165) is 22.8 Å². The number of para-hydroxylation sites is 1. The molecule has 2 aromatic rings. The summed E-state index contributed by atoms with van der Waals surface area (Å²) in [4.78, 5) is 21.3. The van der Waals surface area contributed by atoms with Gasteiger partial charge in [-0.2, -0.15) is 0 Å². The summed E-state index contributed by atoms with van der Waals surface area (Å²) in [5.74, 6) is 0.565. The first kappa shape index (κ1) is 16.1. The van der Waals surface area contributed by atoms with Gasteiger partial charge in [-0.3, -0.25) is 4.79 Å². The van der Waals surface area contributed by atoms with E-state index in [2.05, 4.69) is 5.16 Å². The first-order valence-electron chi connectivity index (χ1n) is 8.24. The van der Waals surface area contributed by atoms with Crippen LogP contribution in [0.5, 0.6) is 0 Å². The molecule has 0 fully saturated rings. The van der Waals surface area contributed by atoms with Crippen molar-refractivity contribution in [2.45, 2.75) is 23.8 Å². The quantitative estimate of drug-likeness (QED) is 0.821. The largest absolute Gasteiger partial charge is 0.382 e. The molecule has 4 rings (SSSR count). The monoisotopic (exact) mass is 356 g/mol. The van der Waals surface area contributed by atoms with Gasteiger partial charge in [0.25, 0.3) is 5.91 Å². The highest BCUT2D eigenvalue weighted by molar-refractivity contribution is 7.99. The lowest BCUT2D eigenvalue weighted by Crippen LogP contribution is -2.40. The maximum atomic E-state index is 13.4. The van der Waals surface area contributed by atoms with Crippen molar-refractivity contribution in [1.29, 1.82) is 0 Å². The van der Waals surface area contributed by atoms with E-state index in [9.17, 15) is 9.18 Å². The summed E-state index contributed by atoms with van der Waals surface area (Å²) >= 11 is 1.77. The lowest BCUT2D eigenvalue weighted by atomic mass is 10.0. The molecule has 0 aromatic heterocycles. The smallest absolute Gasteiger partial charge is 0.271 e. The number of carbonyl (C=O) groups excluding carboxylic acids is 1. The van der Waals surface area contributed by atoms with E-state index in [1.54, 1.807) is 28.8 Å². The molecule has 0 saturated carbocycles. The Balaban J connectivity index is 1.53. The zero-order valence-corrected chi connectivity index (χ0v) is 14.3. The molecule has 2 aromatic carbocycles. The Bertz CT molecular complexity index is 840. The number of oxime groups is 1. The number of hydrogen-bond acceptors (Lipinski definition) is 4. The van der Waals surface area contributed by atoms with Crippen molar-refractivity contribution in [2.24, 2.45) is 5.16 Å². The lowest BCUT2D eigenvalue weighted by molar-refractivity contribution is -0.128. The summed E-state index contributed by atoms with van der Waals surface area (Å²) in [6, 6.07) is 14.1. The normalized spacial score (nSPS) is 19.6. The summed E-state index contributed by atoms with van der Waals surface area (Å²) in [5.41, 5.74) is 2.19. The molecular weight excluding hydrogens is 339 g/mol. The number of amides is 1. The minimum atomic E-state index is -0.658. The molecule has 1 atom stereocenters. The summed E-state index contributed by atoms with van der Waals surface area (Å²) in [6.07, 6.45) is 0.623. The molecule has 0 radical (unpaired) electrons. The topological polar surface area (TPSA) is 41.9 Å². The van der Waals surface area contributed by atoms with Gasteiger partial charge in [-0.05, 0) is 36.4 Å². The van der Waals surface area contributed by atoms with E-state index in [4.69, 9.17) is 4.84 Å². The van der Waals surface area contributed by atoms with E-state index < -0.39 is 6.10 Å². The highest BCUT2D eigenvalue weighted by atomic mass is 32.2. The molecule has 0 N–H and O–H groups in total. The average Bonchev–Trinajstić information content (AvgIpc) is 3.02. The summed E-state index contributed by atoms with van der Waals surface area (Å²) in [7, 11) is 0. The maximum absolute atomic E-state index is 13.4. The van der Waals surface area contributed by atoms with Crippen molar-refractivity contribution >= 4 is 29.1 Å². The number of benzene rings is 2. The zero-order valence-electron chi connectivity index (χ0n) is 13.5. The van der Waals surface area contributed by atoms with E-state index in [-0.39, 0.29) is 11.7 Å². The van der Waals surface area contributed by atoms with Crippen LogP contribution in [0.3, 0.4) is 0 Å². The molecule has 0 saturated heterocycles. The molecule has 2 aliphatic rings. The van der Waals surface area contributed by atoms with Crippen LogP contribution in [0.25, 0.3) is 0 Å². The summed E-state index contributed by atoms with van der Waals surface area (Å²) < 4.78 is 13.4.